The van der Waals surface area contributed by atoms with E-state index in [-0.39, 0.29) is 32.0 Å². The largest absolute Gasteiger partial charge is 0.472 e. The fraction of sp³-hybridized carbons (Fsp3) is 0.750. The minimum absolute atomic E-state index is 0.0245. The Morgan fingerprint density at radius 3 is 1.38 bits per heavy atom. The van der Waals surface area contributed by atoms with E-state index in [1.807, 2.05) is 0 Å². The van der Waals surface area contributed by atoms with Crippen LogP contribution < -0.4 is 5.32 Å². The molecule has 9 nitrogen and oxygen atoms in total. The van der Waals surface area contributed by atoms with Gasteiger partial charge in [0.2, 0.25) is 0 Å². The van der Waals surface area contributed by atoms with E-state index in [4.69, 9.17) is 18.5 Å². The highest BCUT2D eigenvalue weighted by Gasteiger charge is 2.26. The van der Waals surface area contributed by atoms with E-state index in [0.29, 0.717) is 13.0 Å². The van der Waals surface area contributed by atoms with E-state index in [1.165, 1.54) is 96.3 Å². The number of carbonyl (C=O) groups is 2. The van der Waals surface area contributed by atoms with Crippen molar-refractivity contribution in [1.29, 1.82) is 0 Å². The maximum atomic E-state index is 12.6. The molecule has 0 fully saturated rings. The van der Waals surface area contributed by atoms with Gasteiger partial charge in [-0.25, -0.2) is 4.57 Å². The lowest BCUT2D eigenvalue weighted by molar-refractivity contribution is -0.161. The lowest BCUT2D eigenvalue weighted by Gasteiger charge is -2.20. The summed E-state index contributed by atoms with van der Waals surface area (Å²) in [6.45, 7) is 4.14. The molecule has 0 aliphatic heterocycles. The van der Waals surface area contributed by atoms with Crippen molar-refractivity contribution in [2.24, 2.45) is 0 Å². The smallest absolute Gasteiger partial charge is 0.462 e. The first-order chi connectivity index (χ1) is 28.3. The van der Waals surface area contributed by atoms with Crippen molar-refractivity contribution in [3.63, 3.8) is 0 Å². The second kappa shape index (κ2) is 44.3. The number of unbranched alkanes of at least 4 members (excludes halogenated alkanes) is 19. The van der Waals surface area contributed by atoms with Gasteiger partial charge in [0.15, 0.2) is 6.10 Å². The van der Waals surface area contributed by atoms with Gasteiger partial charge in [0.25, 0.3) is 0 Å². The molecule has 0 rings (SSSR count). The van der Waals surface area contributed by atoms with Crippen molar-refractivity contribution in [1.82, 2.24) is 5.32 Å². The SMILES string of the molecule is CCCCC/C=C\C/C=C\C/C=C\CCCCCCC(=O)OC(COC(=O)CCCCCCCCCCC/C=C\C/C=C\CCCCC)COP(=O)(O)OCCNC. The molecule has 0 radical (unpaired) electrons. The van der Waals surface area contributed by atoms with Crippen LogP contribution in [-0.2, 0) is 32.7 Å². The molecule has 0 aromatic carbocycles. The van der Waals surface area contributed by atoms with E-state index in [2.05, 4.69) is 79.9 Å². The summed E-state index contributed by atoms with van der Waals surface area (Å²) < 4.78 is 33.2. The summed E-state index contributed by atoms with van der Waals surface area (Å²) in [6.07, 6.45) is 51.1. The summed E-state index contributed by atoms with van der Waals surface area (Å²) in [4.78, 5) is 35.1. The zero-order valence-corrected chi connectivity index (χ0v) is 38.1. The zero-order chi connectivity index (χ0) is 42.5. The number of phosphoric acid groups is 1. The van der Waals surface area contributed by atoms with Gasteiger partial charge in [0.05, 0.1) is 13.2 Å². The van der Waals surface area contributed by atoms with Crippen LogP contribution in [0.2, 0.25) is 0 Å². The first kappa shape index (κ1) is 55.7. The molecule has 2 unspecified atom stereocenters. The van der Waals surface area contributed by atoms with Gasteiger partial charge >= 0.3 is 19.8 Å². The highest BCUT2D eigenvalue weighted by atomic mass is 31.2. The van der Waals surface area contributed by atoms with Gasteiger partial charge in [0, 0.05) is 19.4 Å². The van der Waals surface area contributed by atoms with Gasteiger partial charge in [-0.3, -0.25) is 18.6 Å². The standard InChI is InChI=1S/C48H86NO8P/c1-4-6-8-10-12-14-16-18-20-22-23-25-26-28-30-32-34-36-38-40-47(50)54-44-46(45-56-58(52,53)55-43-42-49-3)57-48(51)41-39-37-35-33-31-29-27-24-21-19-17-15-13-11-9-7-5-2/h12-15,18-21,27,29,46,49H,4-11,16-17,22-26,28,30-45H2,1-3H3,(H,52,53)/b14-12-,15-13-,20-18-,21-19-,29-27-. The molecular formula is C48H86NO8P. The van der Waals surface area contributed by atoms with Gasteiger partial charge < -0.3 is 19.7 Å². The van der Waals surface area contributed by atoms with Crippen molar-refractivity contribution in [3.8, 4) is 0 Å². The fourth-order valence-corrected chi connectivity index (χ4v) is 6.81. The molecule has 0 bridgehead atoms. The molecular weight excluding hydrogens is 750 g/mol. The van der Waals surface area contributed by atoms with E-state index in [9.17, 15) is 19.0 Å². The Morgan fingerprint density at radius 2 is 0.931 bits per heavy atom. The maximum absolute atomic E-state index is 12.6. The Labute approximate surface area is 355 Å². The third kappa shape index (κ3) is 43.3. The van der Waals surface area contributed by atoms with Gasteiger partial charge in [-0.1, -0.05) is 158 Å². The van der Waals surface area contributed by atoms with Crippen LogP contribution >= 0.6 is 7.82 Å². The van der Waals surface area contributed by atoms with Crippen LogP contribution in [0.3, 0.4) is 0 Å². The molecule has 0 aliphatic carbocycles. The third-order valence-electron chi connectivity index (χ3n) is 9.61. The highest BCUT2D eigenvalue weighted by molar-refractivity contribution is 7.47. The first-order valence-electron chi connectivity index (χ1n) is 23.2. The van der Waals surface area contributed by atoms with Crippen molar-refractivity contribution in [2.45, 2.75) is 200 Å². The number of hydrogen-bond acceptors (Lipinski definition) is 8. The number of esters is 2. The maximum Gasteiger partial charge on any atom is 0.472 e. The molecule has 0 amide bonds. The molecule has 10 heteroatoms. The predicted molar refractivity (Wildman–Crippen MR) is 243 cm³/mol. The van der Waals surface area contributed by atoms with E-state index in [0.717, 1.165) is 64.2 Å². The van der Waals surface area contributed by atoms with Gasteiger partial charge in [-0.2, -0.15) is 0 Å². The monoisotopic (exact) mass is 836 g/mol. The topological polar surface area (TPSA) is 120 Å². The zero-order valence-electron chi connectivity index (χ0n) is 37.2. The average molecular weight is 836 g/mol. The van der Waals surface area contributed by atoms with Crippen LogP contribution in [0.15, 0.2) is 60.8 Å². The van der Waals surface area contributed by atoms with Crippen LogP contribution in [0.25, 0.3) is 0 Å². The minimum atomic E-state index is -4.36. The summed E-state index contributed by atoms with van der Waals surface area (Å²) in [5, 5.41) is 2.82. The molecule has 58 heavy (non-hydrogen) atoms. The summed E-state index contributed by atoms with van der Waals surface area (Å²) in [5.41, 5.74) is 0. The van der Waals surface area contributed by atoms with Gasteiger partial charge in [-0.15, -0.1) is 0 Å². The van der Waals surface area contributed by atoms with Gasteiger partial charge in [-0.05, 0) is 90.5 Å². The lowest BCUT2D eigenvalue weighted by atomic mass is 10.1. The number of carbonyl (C=O) groups excluding carboxylic acids is 2. The fourth-order valence-electron chi connectivity index (χ4n) is 6.06. The Hall–Kier alpha value is -2.29. The summed E-state index contributed by atoms with van der Waals surface area (Å²) in [6, 6.07) is 0. The van der Waals surface area contributed by atoms with Crippen molar-refractivity contribution in [3.05, 3.63) is 60.8 Å². The first-order valence-corrected chi connectivity index (χ1v) is 24.7. The summed E-state index contributed by atoms with van der Waals surface area (Å²) >= 11 is 0. The number of hydrogen-bond donors (Lipinski definition) is 2. The molecule has 2 atom stereocenters. The number of ether oxygens (including phenoxy) is 2. The Morgan fingerprint density at radius 1 is 0.534 bits per heavy atom. The van der Waals surface area contributed by atoms with Crippen LogP contribution in [0.4, 0.5) is 0 Å². The summed E-state index contributed by atoms with van der Waals surface area (Å²) in [5.74, 6) is -0.838. The molecule has 336 valence electrons. The minimum Gasteiger partial charge on any atom is -0.462 e. The molecule has 0 aromatic rings. The molecule has 2 N–H and O–H groups in total. The molecule has 0 aliphatic rings. The number of rotatable bonds is 43. The predicted octanol–water partition coefficient (Wildman–Crippen LogP) is 13.5. The van der Waals surface area contributed by atoms with Crippen LogP contribution in [0, 0.1) is 0 Å². The quantitative estimate of drug-likeness (QED) is 0.0268. The van der Waals surface area contributed by atoms with Crippen LogP contribution in [0.1, 0.15) is 194 Å². The number of likely N-dealkylation sites (N-methyl/N-ethyl adjacent to an activating group) is 1. The van der Waals surface area contributed by atoms with Gasteiger partial charge in [0.1, 0.15) is 6.61 Å². The molecule has 0 saturated heterocycles. The van der Waals surface area contributed by atoms with Crippen molar-refractivity contribution in [2.75, 3.05) is 33.4 Å². The Kier molecular flexibility index (Phi) is 42.5. The van der Waals surface area contributed by atoms with E-state index in [1.54, 1.807) is 7.05 Å². The molecule has 0 saturated carbocycles. The highest BCUT2D eigenvalue weighted by Crippen LogP contribution is 2.43. The second-order valence-electron chi connectivity index (χ2n) is 15.2. The molecule has 0 spiro atoms. The van der Waals surface area contributed by atoms with Crippen LogP contribution in [-0.4, -0.2) is 56.3 Å². The second-order valence-corrected chi connectivity index (χ2v) is 16.7. The third-order valence-corrected chi connectivity index (χ3v) is 10.6. The molecule has 0 heterocycles. The summed E-state index contributed by atoms with van der Waals surface area (Å²) in [7, 11) is -2.66. The van der Waals surface area contributed by atoms with Crippen molar-refractivity contribution < 1.29 is 37.6 Å². The number of allylic oxidation sites excluding steroid dienone is 10. The number of phosphoric ester groups is 1. The van der Waals surface area contributed by atoms with E-state index >= 15 is 0 Å². The van der Waals surface area contributed by atoms with Crippen molar-refractivity contribution >= 4 is 19.8 Å². The van der Waals surface area contributed by atoms with Crippen LogP contribution in [0.5, 0.6) is 0 Å². The lowest BCUT2D eigenvalue weighted by Crippen LogP contribution is -2.29. The molecule has 0 aromatic heterocycles. The Bertz CT molecular complexity index is 1130. The Balaban J connectivity index is 4.23. The average Bonchev–Trinajstić information content (AvgIpc) is 3.21. The normalized spacial score (nSPS) is 13.8. The van der Waals surface area contributed by atoms with E-state index < -0.39 is 26.5 Å². The number of nitrogens with one attached hydrogen (secondary N) is 1.